The molecular weight excluding hydrogens is 477 g/mol. The smallest absolute Gasteiger partial charge is 0.306 e. The van der Waals surface area contributed by atoms with Gasteiger partial charge in [0.2, 0.25) is 18.3 Å². The molecule has 1 fully saturated rings. The standard InChI is InChI=1S/C19H28Cl3NO8/c1-4-7-12(24)28-11-10-27-17(31-18(23)19(20,21)22)16(30-14(26)9-6-3)15(11)29-13(25)8-5-2/h11,15-17,23H,4-10H2,1-3H3/t11-,15-,16+,17?/m0/s1. The maximum absolute atomic E-state index is 12.2. The zero-order chi connectivity index (χ0) is 23.6. The van der Waals surface area contributed by atoms with Crippen molar-refractivity contribution in [3.8, 4) is 0 Å². The first-order valence-corrected chi connectivity index (χ1v) is 11.2. The largest absolute Gasteiger partial charge is 0.456 e. The molecule has 12 heteroatoms. The summed E-state index contributed by atoms with van der Waals surface area (Å²) in [5.74, 6) is -2.52. The highest BCUT2D eigenvalue weighted by molar-refractivity contribution is 6.76. The lowest BCUT2D eigenvalue weighted by Crippen LogP contribution is -2.59. The number of rotatable bonds is 10. The number of hydrogen-bond donors (Lipinski definition) is 1. The monoisotopic (exact) mass is 503 g/mol. The molecule has 0 aromatic rings. The Kier molecular flexibility index (Phi) is 11.9. The van der Waals surface area contributed by atoms with Crippen LogP contribution >= 0.6 is 34.8 Å². The number of carbonyl (C=O) groups excluding carboxylic acids is 3. The molecule has 0 radical (unpaired) electrons. The summed E-state index contributed by atoms with van der Waals surface area (Å²) in [7, 11) is 0. The number of halogens is 3. The Labute approximate surface area is 196 Å². The Morgan fingerprint density at radius 3 is 1.74 bits per heavy atom. The van der Waals surface area contributed by atoms with Gasteiger partial charge in [-0.1, -0.05) is 55.6 Å². The number of nitrogens with one attached hydrogen (secondary N) is 1. The van der Waals surface area contributed by atoms with Gasteiger partial charge in [0.1, 0.15) is 0 Å². The molecule has 1 saturated heterocycles. The van der Waals surface area contributed by atoms with Gasteiger partial charge in [-0.2, -0.15) is 0 Å². The van der Waals surface area contributed by atoms with Crippen molar-refractivity contribution in [2.45, 2.75) is 87.7 Å². The molecule has 1 N–H and O–H groups in total. The summed E-state index contributed by atoms with van der Waals surface area (Å²) >= 11 is 17.0. The van der Waals surface area contributed by atoms with Crippen molar-refractivity contribution in [3.05, 3.63) is 0 Å². The molecule has 1 unspecified atom stereocenters. The summed E-state index contributed by atoms with van der Waals surface area (Å²) in [6.45, 7) is 5.12. The third-order valence-corrected chi connectivity index (χ3v) is 4.57. The van der Waals surface area contributed by atoms with Gasteiger partial charge in [0.15, 0.2) is 12.2 Å². The van der Waals surface area contributed by atoms with Crippen LogP contribution in [-0.2, 0) is 38.1 Å². The molecule has 0 bridgehead atoms. The van der Waals surface area contributed by atoms with Crippen molar-refractivity contribution in [2.75, 3.05) is 6.61 Å². The summed E-state index contributed by atoms with van der Waals surface area (Å²) in [6, 6.07) is 0. The van der Waals surface area contributed by atoms with E-state index < -0.39 is 52.2 Å². The summed E-state index contributed by atoms with van der Waals surface area (Å²) in [4.78, 5) is 36.5. The Morgan fingerprint density at radius 1 is 0.839 bits per heavy atom. The van der Waals surface area contributed by atoms with Crippen molar-refractivity contribution >= 4 is 58.6 Å². The average Bonchev–Trinajstić information content (AvgIpc) is 2.65. The van der Waals surface area contributed by atoms with Crippen molar-refractivity contribution in [2.24, 2.45) is 0 Å². The van der Waals surface area contributed by atoms with E-state index in [2.05, 4.69) is 0 Å². The Hall–Kier alpha value is -1.29. The number of ether oxygens (including phenoxy) is 5. The van der Waals surface area contributed by atoms with Crippen LogP contribution in [0.15, 0.2) is 0 Å². The predicted molar refractivity (Wildman–Crippen MR) is 113 cm³/mol. The van der Waals surface area contributed by atoms with E-state index in [0.717, 1.165) is 0 Å². The molecule has 1 rings (SSSR count). The fraction of sp³-hybridized carbons (Fsp3) is 0.789. The van der Waals surface area contributed by atoms with E-state index in [0.29, 0.717) is 19.3 Å². The minimum atomic E-state index is -2.19. The molecule has 0 amide bonds. The van der Waals surface area contributed by atoms with Crippen LogP contribution in [0.1, 0.15) is 59.3 Å². The molecule has 0 aromatic heterocycles. The van der Waals surface area contributed by atoms with Gasteiger partial charge in [-0.25, -0.2) is 0 Å². The molecule has 178 valence electrons. The molecule has 1 heterocycles. The predicted octanol–water partition coefficient (Wildman–Crippen LogP) is 3.84. The molecule has 0 aromatic carbocycles. The second-order valence-corrected chi connectivity index (χ2v) is 9.11. The molecule has 1 aliphatic rings. The van der Waals surface area contributed by atoms with E-state index in [1.807, 2.05) is 0 Å². The van der Waals surface area contributed by atoms with E-state index in [9.17, 15) is 14.4 Å². The zero-order valence-electron chi connectivity index (χ0n) is 17.7. The van der Waals surface area contributed by atoms with Crippen LogP contribution in [0.4, 0.5) is 0 Å². The SMILES string of the molecule is CCCC(=O)O[C@H]1[C@@H](OC(=O)CCC)COC(OC(=N)C(Cl)(Cl)Cl)[C@@H]1OC(=O)CCC. The van der Waals surface area contributed by atoms with Crippen LogP contribution < -0.4 is 0 Å². The highest BCUT2D eigenvalue weighted by Crippen LogP contribution is 2.32. The maximum Gasteiger partial charge on any atom is 0.306 e. The van der Waals surface area contributed by atoms with Gasteiger partial charge in [0.25, 0.3) is 3.79 Å². The lowest BCUT2D eigenvalue weighted by atomic mass is 10.0. The first kappa shape index (κ1) is 27.7. The van der Waals surface area contributed by atoms with Crippen LogP contribution in [-0.4, -0.2) is 58.8 Å². The number of hydrogen-bond acceptors (Lipinski definition) is 9. The van der Waals surface area contributed by atoms with E-state index in [-0.39, 0.29) is 25.9 Å². The van der Waals surface area contributed by atoms with Gasteiger partial charge in [-0.3, -0.25) is 19.8 Å². The van der Waals surface area contributed by atoms with Crippen molar-refractivity contribution < 1.29 is 38.1 Å². The van der Waals surface area contributed by atoms with Crippen molar-refractivity contribution in [1.82, 2.24) is 0 Å². The molecule has 4 atom stereocenters. The minimum Gasteiger partial charge on any atom is -0.456 e. The van der Waals surface area contributed by atoms with Gasteiger partial charge in [-0.05, 0) is 19.3 Å². The van der Waals surface area contributed by atoms with E-state index in [1.54, 1.807) is 20.8 Å². The Morgan fingerprint density at radius 2 is 1.29 bits per heavy atom. The van der Waals surface area contributed by atoms with Gasteiger partial charge in [-0.15, -0.1) is 0 Å². The highest BCUT2D eigenvalue weighted by atomic mass is 35.6. The molecule has 9 nitrogen and oxygen atoms in total. The fourth-order valence-electron chi connectivity index (χ4n) is 2.66. The zero-order valence-corrected chi connectivity index (χ0v) is 19.9. The molecule has 0 aliphatic carbocycles. The first-order chi connectivity index (χ1) is 14.5. The van der Waals surface area contributed by atoms with Crippen molar-refractivity contribution in [1.29, 1.82) is 5.41 Å². The first-order valence-electron chi connectivity index (χ1n) is 10.1. The molecular formula is C19H28Cl3NO8. The normalized spacial score (nSPS) is 23.5. The highest BCUT2D eigenvalue weighted by Gasteiger charge is 2.50. The third kappa shape index (κ3) is 9.39. The van der Waals surface area contributed by atoms with Gasteiger partial charge in [0.05, 0.1) is 6.61 Å². The Balaban J connectivity index is 3.20. The van der Waals surface area contributed by atoms with Gasteiger partial charge >= 0.3 is 17.9 Å². The van der Waals surface area contributed by atoms with Crippen LogP contribution in [0.5, 0.6) is 0 Å². The Bertz CT molecular complexity index is 640. The third-order valence-electron chi connectivity index (χ3n) is 4.05. The number of esters is 3. The van der Waals surface area contributed by atoms with Gasteiger partial charge < -0.3 is 23.7 Å². The number of alkyl halides is 3. The average molecular weight is 505 g/mol. The number of carbonyl (C=O) groups is 3. The van der Waals surface area contributed by atoms with Crippen molar-refractivity contribution in [3.63, 3.8) is 0 Å². The van der Waals surface area contributed by atoms with E-state index in [4.69, 9.17) is 63.9 Å². The minimum absolute atomic E-state index is 0.0705. The van der Waals surface area contributed by atoms with E-state index >= 15 is 0 Å². The second kappa shape index (κ2) is 13.3. The topological polar surface area (TPSA) is 121 Å². The van der Waals surface area contributed by atoms with Gasteiger partial charge in [0, 0.05) is 19.3 Å². The quantitative estimate of drug-likeness (QED) is 0.157. The summed E-state index contributed by atoms with van der Waals surface area (Å²) < 4.78 is 24.9. The van der Waals surface area contributed by atoms with E-state index in [1.165, 1.54) is 0 Å². The molecule has 0 saturated carbocycles. The molecule has 1 aliphatic heterocycles. The lowest BCUT2D eigenvalue weighted by molar-refractivity contribution is -0.264. The fourth-order valence-corrected chi connectivity index (χ4v) is 2.79. The molecule has 0 spiro atoms. The molecule has 31 heavy (non-hydrogen) atoms. The summed E-state index contributed by atoms with van der Waals surface area (Å²) in [5.41, 5.74) is 0. The van der Waals surface area contributed by atoms with Crippen LogP contribution in [0.3, 0.4) is 0 Å². The van der Waals surface area contributed by atoms with Crippen LogP contribution in [0.2, 0.25) is 0 Å². The lowest BCUT2D eigenvalue weighted by Gasteiger charge is -2.40. The second-order valence-electron chi connectivity index (χ2n) is 6.83. The summed E-state index contributed by atoms with van der Waals surface area (Å²) in [6.07, 6.45) is -3.21. The maximum atomic E-state index is 12.2. The summed E-state index contributed by atoms with van der Waals surface area (Å²) in [5, 5.41) is 7.79. The van der Waals surface area contributed by atoms with Crippen LogP contribution in [0.25, 0.3) is 0 Å². The van der Waals surface area contributed by atoms with Crippen LogP contribution in [0, 0.1) is 5.41 Å².